The van der Waals surface area contributed by atoms with Crippen LogP contribution in [0.25, 0.3) is 0 Å². The Kier molecular flexibility index (Phi) is 3.94. The number of carbonyl (C=O) groups is 1. The molecular weight excluding hydrogens is 180 g/mol. The van der Waals surface area contributed by atoms with E-state index in [2.05, 4.69) is 0 Å². The zero-order chi connectivity index (χ0) is 10.4. The maximum atomic E-state index is 10.4. The Hall–Kier alpha value is -1.55. The van der Waals surface area contributed by atoms with E-state index in [1.807, 2.05) is 12.1 Å². The first-order valence-corrected chi connectivity index (χ1v) is 4.42. The maximum absolute atomic E-state index is 10.4. The van der Waals surface area contributed by atoms with Crippen LogP contribution in [0.3, 0.4) is 0 Å². The van der Waals surface area contributed by atoms with Crippen molar-refractivity contribution in [1.29, 1.82) is 0 Å². The van der Waals surface area contributed by atoms with Crippen molar-refractivity contribution in [3.8, 4) is 5.75 Å². The predicted molar refractivity (Wildman–Crippen MR) is 53.9 cm³/mol. The monoisotopic (exact) mass is 194 g/mol. The summed E-state index contributed by atoms with van der Waals surface area (Å²) in [5, 5.41) is 0. The van der Waals surface area contributed by atoms with Gasteiger partial charge >= 0.3 is 0 Å². The summed E-state index contributed by atoms with van der Waals surface area (Å²) in [6, 6.07) is 7.44. The van der Waals surface area contributed by atoms with Gasteiger partial charge in [-0.1, -0.05) is 12.1 Å². The fourth-order valence-electron chi connectivity index (χ4n) is 1.07. The molecule has 1 rings (SSSR count). The van der Waals surface area contributed by atoms with Crippen LogP contribution in [0.1, 0.15) is 5.56 Å². The highest BCUT2D eigenvalue weighted by atomic mass is 16.5. The Morgan fingerprint density at radius 2 is 1.93 bits per heavy atom. The Morgan fingerprint density at radius 3 is 2.43 bits per heavy atom. The third-order valence-electron chi connectivity index (χ3n) is 1.74. The first kappa shape index (κ1) is 10.5. The minimum atomic E-state index is -0.476. The van der Waals surface area contributed by atoms with E-state index < -0.39 is 5.91 Å². The number of rotatable bonds is 5. The van der Waals surface area contributed by atoms with Gasteiger partial charge in [0.1, 0.15) is 5.75 Å². The molecule has 0 spiro atoms. The third kappa shape index (κ3) is 3.45. The standard InChI is InChI=1S/C10H14N2O2/c11-6-5-8-1-3-9(4-2-8)14-7-10(12)13/h1-4H,5-7,11H2,(H2,12,13). The lowest BCUT2D eigenvalue weighted by molar-refractivity contribution is -0.119. The van der Waals surface area contributed by atoms with Crippen LogP contribution in [0.4, 0.5) is 0 Å². The summed E-state index contributed by atoms with van der Waals surface area (Å²) >= 11 is 0. The quantitative estimate of drug-likeness (QED) is 0.695. The normalized spacial score (nSPS) is 9.79. The average Bonchev–Trinajstić information content (AvgIpc) is 2.17. The third-order valence-corrected chi connectivity index (χ3v) is 1.74. The molecule has 0 aliphatic rings. The summed E-state index contributed by atoms with van der Waals surface area (Å²) in [6.45, 7) is 0.539. The molecule has 1 aromatic rings. The Bertz CT molecular complexity index is 295. The van der Waals surface area contributed by atoms with Gasteiger partial charge in [-0.15, -0.1) is 0 Å². The number of amides is 1. The minimum Gasteiger partial charge on any atom is -0.484 e. The van der Waals surface area contributed by atoms with E-state index in [0.29, 0.717) is 12.3 Å². The fraction of sp³-hybridized carbons (Fsp3) is 0.300. The second kappa shape index (κ2) is 5.24. The van der Waals surface area contributed by atoms with Gasteiger partial charge in [-0.2, -0.15) is 0 Å². The van der Waals surface area contributed by atoms with Gasteiger partial charge in [0.25, 0.3) is 5.91 Å². The molecule has 0 atom stereocenters. The SMILES string of the molecule is NCCc1ccc(OCC(N)=O)cc1. The van der Waals surface area contributed by atoms with E-state index >= 15 is 0 Å². The summed E-state index contributed by atoms with van der Waals surface area (Å²) in [5.41, 5.74) is 11.5. The van der Waals surface area contributed by atoms with Crippen molar-refractivity contribution in [1.82, 2.24) is 0 Å². The van der Waals surface area contributed by atoms with Crippen LogP contribution in [-0.2, 0) is 11.2 Å². The topological polar surface area (TPSA) is 78.3 Å². The summed E-state index contributed by atoms with van der Waals surface area (Å²) in [6.07, 6.45) is 0.843. The second-order valence-corrected chi connectivity index (χ2v) is 2.94. The number of hydrogen-bond acceptors (Lipinski definition) is 3. The summed E-state index contributed by atoms with van der Waals surface area (Å²) in [4.78, 5) is 10.4. The number of ether oxygens (including phenoxy) is 1. The molecular formula is C10H14N2O2. The first-order valence-electron chi connectivity index (χ1n) is 4.42. The van der Waals surface area contributed by atoms with Crippen LogP contribution in [0.15, 0.2) is 24.3 Å². The molecule has 0 aliphatic heterocycles. The van der Waals surface area contributed by atoms with E-state index in [0.717, 1.165) is 12.0 Å². The molecule has 0 saturated heterocycles. The van der Waals surface area contributed by atoms with Gasteiger partial charge in [0.2, 0.25) is 0 Å². The molecule has 0 saturated carbocycles. The Balaban J connectivity index is 2.50. The van der Waals surface area contributed by atoms with Crippen LogP contribution in [0, 0.1) is 0 Å². The number of hydrogen-bond donors (Lipinski definition) is 2. The van der Waals surface area contributed by atoms with Crippen molar-refractivity contribution in [2.24, 2.45) is 11.5 Å². The first-order chi connectivity index (χ1) is 6.72. The van der Waals surface area contributed by atoms with Crippen LogP contribution in [-0.4, -0.2) is 19.1 Å². The molecule has 0 radical (unpaired) electrons. The highest BCUT2D eigenvalue weighted by Crippen LogP contribution is 2.11. The van der Waals surface area contributed by atoms with Crippen molar-refractivity contribution in [3.63, 3.8) is 0 Å². The van der Waals surface area contributed by atoms with Crippen molar-refractivity contribution < 1.29 is 9.53 Å². The molecule has 4 N–H and O–H groups in total. The molecule has 4 nitrogen and oxygen atoms in total. The molecule has 76 valence electrons. The summed E-state index contributed by atoms with van der Waals surface area (Å²) < 4.78 is 5.09. The molecule has 0 bridgehead atoms. The number of primary amides is 1. The predicted octanol–water partition coefficient (Wildman–Crippen LogP) is 0.0519. The van der Waals surface area contributed by atoms with Gasteiger partial charge in [0.15, 0.2) is 6.61 Å². The van der Waals surface area contributed by atoms with Crippen LogP contribution in [0.5, 0.6) is 5.75 Å². The summed E-state index contributed by atoms with van der Waals surface area (Å²) in [7, 11) is 0. The number of nitrogens with two attached hydrogens (primary N) is 2. The van der Waals surface area contributed by atoms with Gasteiger partial charge in [-0.25, -0.2) is 0 Å². The minimum absolute atomic E-state index is 0.0871. The van der Waals surface area contributed by atoms with E-state index in [4.69, 9.17) is 16.2 Å². The van der Waals surface area contributed by atoms with E-state index in [1.54, 1.807) is 12.1 Å². The largest absolute Gasteiger partial charge is 0.484 e. The van der Waals surface area contributed by atoms with E-state index in [-0.39, 0.29) is 6.61 Å². The zero-order valence-electron chi connectivity index (χ0n) is 7.90. The molecule has 0 aromatic heterocycles. The molecule has 0 unspecified atom stereocenters. The molecule has 4 heteroatoms. The molecule has 0 fully saturated rings. The van der Waals surface area contributed by atoms with Crippen molar-refractivity contribution in [2.75, 3.05) is 13.2 Å². The van der Waals surface area contributed by atoms with E-state index in [9.17, 15) is 4.79 Å². The maximum Gasteiger partial charge on any atom is 0.255 e. The van der Waals surface area contributed by atoms with Crippen LogP contribution < -0.4 is 16.2 Å². The Labute approximate surface area is 82.8 Å². The number of carbonyl (C=O) groups excluding carboxylic acids is 1. The second-order valence-electron chi connectivity index (χ2n) is 2.94. The molecule has 1 aromatic carbocycles. The van der Waals surface area contributed by atoms with Crippen molar-refractivity contribution in [3.05, 3.63) is 29.8 Å². The van der Waals surface area contributed by atoms with Crippen LogP contribution in [0.2, 0.25) is 0 Å². The average molecular weight is 194 g/mol. The van der Waals surface area contributed by atoms with Gasteiger partial charge in [-0.05, 0) is 30.7 Å². The van der Waals surface area contributed by atoms with E-state index in [1.165, 1.54) is 0 Å². The summed E-state index contributed by atoms with van der Waals surface area (Å²) in [5.74, 6) is 0.167. The smallest absolute Gasteiger partial charge is 0.255 e. The lowest BCUT2D eigenvalue weighted by atomic mass is 10.1. The van der Waals surface area contributed by atoms with Crippen LogP contribution >= 0.6 is 0 Å². The zero-order valence-corrected chi connectivity index (χ0v) is 7.90. The molecule has 1 amide bonds. The molecule has 0 aliphatic carbocycles. The van der Waals surface area contributed by atoms with Gasteiger partial charge in [-0.3, -0.25) is 4.79 Å². The van der Waals surface area contributed by atoms with Gasteiger partial charge < -0.3 is 16.2 Å². The molecule has 0 heterocycles. The highest BCUT2D eigenvalue weighted by Gasteiger charge is 1.97. The lowest BCUT2D eigenvalue weighted by Gasteiger charge is -2.04. The van der Waals surface area contributed by atoms with Crippen molar-refractivity contribution >= 4 is 5.91 Å². The lowest BCUT2D eigenvalue weighted by Crippen LogP contribution is -2.19. The number of benzene rings is 1. The van der Waals surface area contributed by atoms with Gasteiger partial charge in [0, 0.05) is 0 Å². The highest BCUT2D eigenvalue weighted by molar-refractivity contribution is 5.75. The fourth-order valence-corrected chi connectivity index (χ4v) is 1.07. The molecule has 14 heavy (non-hydrogen) atoms. The van der Waals surface area contributed by atoms with Crippen molar-refractivity contribution in [2.45, 2.75) is 6.42 Å². The van der Waals surface area contributed by atoms with Gasteiger partial charge in [0.05, 0.1) is 0 Å². The Morgan fingerprint density at radius 1 is 1.29 bits per heavy atom.